The Balaban J connectivity index is 1.65. The van der Waals surface area contributed by atoms with Crippen LogP contribution in [0.4, 0.5) is 0 Å². The first-order chi connectivity index (χ1) is 10.2. The Hall–Kier alpha value is -1.42. The average Bonchev–Trinajstić information content (AvgIpc) is 2.68. The van der Waals surface area contributed by atoms with Gasteiger partial charge in [0.2, 0.25) is 5.91 Å². The smallest absolute Gasteiger partial charge is 0.223 e. The Morgan fingerprint density at radius 3 is 2.76 bits per heavy atom. The maximum absolute atomic E-state index is 12.1. The third-order valence-corrected chi connectivity index (χ3v) is 5.16. The molecule has 2 aliphatic heterocycles. The van der Waals surface area contributed by atoms with Crippen LogP contribution in [-0.2, 0) is 11.3 Å². The zero-order valence-corrected chi connectivity index (χ0v) is 12.9. The summed E-state index contributed by atoms with van der Waals surface area (Å²) in [7, 11) is 0. The third kappa shape index (κ3) is 2.95. The summed E-state index contributed by atoms with van der Waals surface area (Å²) in [6.07, 6.45) is 9.01. The summed E-state index contributed by atoms with van der Waals surface area (Å²) in [5, 5.41) is 0. The number of pyridine rings is 1. The van der Waals surface area contributed by atoms with Crippen molar-refractivity contribution < 1.29 is 4.79 Å². The number of rotatable bonds is 3. The van der Waals surface area contributed by atoms with Crippen LogP contribution in [0.15, 0.2) is 24.5 Å². The molecule has 1 aromatic heterocycles. The first kappa shape index (κ1) is 14.5. The Morgan fingerprint density at radius 1 is 1.19 bits per heavy atom. The number of hydrogen-bond acceptors (Lipinski definition) is 3. The highest BCUT2D eigenvalue weighted by Gasteiger charge is 2.44. The van der Waals surface area contributed by atoms with Gasteiger partial charge in [-0.15, -0.1) is 0 Å². The molecule has 1 amide bonds. The molecular formula is C17H25N3O. The van der Waals surface area contributed by atoms with E-state index in [-0.39, 0.29) is 5.54 Å². The second-order valence-corrected chi connectivity index (χ2v) is 6.35. The predicted molar refractivity (Wildman–Crippen MR) is 82.7 cm³/mol. The SMILES string of the molecule is CCN1C(=O)CCC12CCCN(Cc1ccncc1)CC2. The lowest BCUT2D eigenvalue weighted by atomic mass is 9.88. The Bertz CT molecular complexity index is 490. The highest BCUT2D eigenvalue weighted by Crippen LogP contribution is 2.38. The van der Waals surface area contributed by atoms with Gasteiger partial charge in [-0.1, -0.05) is 0 Å². The minimum absolute atomic E-state index is 0.152. The molecule has 0 N–H and O–H groups in total. The number of carbonyl (C=O) groups excluding carboxylic acids is 1. The van der Waals surface area contributed by atoms with Crippen molar-refractivity contribution in [3.63, 3.8) is 0 Å². The van der Waals surface area contributed by atoms with E-state index in [0.29, 0.717) is 5.91 Å². The van der Waals surface area contributed by atoms with Crippen molar-refractivity contribution in [3.05, 3.63) is 30.1 Å². The average molecular weight is 287 g/mol. The van der Waals surface area contributed by atoms with Gasteiger partial charge >= 0.3 is 0 Å². The van der Waals surface area contributed by atoms with Gasteiger partial charge in [0.1, 0.15) is 0 Å². The summed E-state index contributed by atoms with van der Waals surface area (Å²) >= 11 is 0. The molecule has 0 saturated carbocycles. The fraction of sp³-hybridized carbons (Fsp3) is 0.647. The van der Waals surface area contributed by atoms with Crippen LogP contribution in [0.1, 0.15) is 44.6 Å². The predicted octanol–water partition coefficient (Wildman–Crippen LogP) is 2.45. The van der Waals surface area contributed by atoms with E-state index in [1.807, 2.05) is 12.4 Å². The van der Waals surface area contributed by atoms with Crippen LogP contribution in [-0.4, -0.2) is 45.9 Å². The summed E-state index contributed by atoms with van der Waals surface area (Å²) < 4.78 is 0. The fourth-order valence-electron chi connectivity index (χ4n) is 4.05. The summed E-state index contributed by atoms with van der Waals surface area (Å²) in [6, 6.07) is 4.19. The van der Waals surface area contributed by atoms with E-state index in [1.165, 1.54) is 18.4 Å². The van der Waals surface area contributed by atoms with Crippen LogP contribution >= 0.6 is 0 Å². The Labute approximate surface area is 127 Å². The molecule has 3 rings (SSSR count). The van der Waals surface area contributed by atoms with Crippen LogP contribution in [0.3, 0.4) is 0 Å². The number of amides is 1. The molecule has 0 aliphatic carbocycles. The first-order valence-electron chi connectivity index (χ1n) is 8.15. The largest absolute Gasteiger partial charge is 0.337 e. The molecule has 0 aromatic carbocycles. The van der Waals surface area contributed by atoms with Gasteiger partial charge in [0.05, 0.1) is 0 Å². The maximum atomic E-state index is 12.1. The zero-order valence-electron chi connectivity index (χ0n) is 12.9. The van der Waals surface area contributed by atoms with Gasteiger partial charge < -0.3 is 4.90 Å². The molecule has 21 heavy (non-hydrogen) atoms. The van der Waals surface area contributed by atoms with E-state index < -0.39 is 0 Å². The number of likely N-dealkylation sites (tertiary alicyclic amines) is 2. The molecule has 0 radical (unpaired) electrons. The monoisotopic (exact) mass is 287 g/mol. The maximum Gasteiger partial charge on any atom is 0.223 e. The lowest BCUT2D eigenvalue weighted by molar-refractivity contribution is -0.131. The van der Waals surface area contributed by atoms with Gasteiger partial charge in [-0.05, 0) is 56.8 Å². The van der Waals surface area contributed by atoms with E-state index in [0.717, 1.165) is 45.4 Å². The summed E-state index contributed by atoms with van der Waals surface area (Å²) in [6.45, 7) is 6.20. The molecule has 1 atom stereocenters. The van der Waals surface area contributed by atoms with Gasteiger partial charge in [0, 0.05) is 44.0 Å². The fourth-order valence-corrected chi connectivity index (χ4v) is 4.05. The molecule has 1 spiro atoms. The topological polar surface area (TPSA) is 36.4 Å². The molecule has 3 heterocycles. The zero-order chi connectivity index (χ0) is 14.7. The van der Waals surface area contributed by atoms with Crippen molar-refractivity contribution in [2.75, 3.05) is 19.6 Å². The summed E-state index contributed by atoms with van der Waals surface area (Å²) in [4.78, 5) is 20.8. The van der Waals surface area contributed by atoms with Gasteiger partial charge in [-0.25, -0.2) is 0 Å². The van der Waals surface area contributed by atoms with E-state index in [9.17, 15) is 4.79 Å². The highest BCUT2D eigenvalue weighted by atomic mass is 16.2. The molecule has 2 fully saturated rings. The van der Waals surface area contributed by atoms with E-state index in [1.54, 1.807) is 0 Å². The minimum atomic E-state index is 0.152. The van der Waals surface area contributed by atoms with Crippen molar-refractivity contribution in [1.29, 1.82) is 0 Å². The van der Waals surface area contributed by atoms with Crippen molar-refractivity contribution in [2.45, 2.75) is 51.1 Å². The number of aromatic nitrogens is 1. The molecule has 4 nitrogen and oxygen atoms in total. The second-order valence-electron chi connectivity index (χ2n) is 6.35. The van der Waals surface area contributed by atoms with Crippen molar-refractivity contribution in [1.82, 2.24) is 14.8 Å². The Kier molecular flexibility index (Phi) is 4.24. The second kappa shape index (κ2) is 6.14. The molecule has 114 valence electrons. The van der Waals surface area contributed by atoms with Crippen LogP contribution in [0.2, 0.25) is 0 Å². The lowest BCUT2D eigenvalue weighted by Gasteiger charge is -2.37. The van der Waals surface area contributed by atoms with Gasteiger partial charge in [0.15, 0.2) is 0 Å². The van der Waals surface area contributed by atoms with Crippen LogP contribution in [0.25, 0.3) is 0 Å². The standard InChI is InChI=1S/C17H25N3O/c1-2-20-16(21)4-8-17(20)7-3-12-19(13-9-17)14-15-5-10-18-11-6-15/h5-6,10-11H,2-4,7-9,12-14H2,1H3. The van der Waals surface area contributed by atoms with E-state index in [2.05, 4.69) is 33.8 Å². The van der Waals surface area contributed by atoms with Crippen LogP contribution < -0.4 is 0 Å². The van der Waals surface area contributed by atoms with Gasteiger partial charge in [0.25, 0.3) is 0 Å². The Morgan fingerprint density at radius 2 is 2.00 bits per heavy atom. The van der Waals surface area contributed by atoms with Gasteiger partial charge in [-0.3, -0.25) is 14.7 Å². The van der Waals surface area contributed by atoms with Crippen molar-refractivity contribution in [2.24, 2.45) is 0 Å². The quantitative estimate of drug-likeness (QED) is 0.857. The minimum Gasteiger partial charge on any atom is -0.337 e. The first-order valence-corrected chi connectivity index (χ1v) is 8.15. The molecule has 1 unspecified atom stereocenters. The lowest BCUT2D eigenvalue weighted by Crippen LogP contribution is -2.46. The normalized spacial score (nSPS) is 27.3. The van der Waals surface area contributed by atoms with Crippen molar-refractivity contribution in [3.8, 4) is 0 Å². The summed E-state index contributed by atoms with van der Waals surface area (Å²) in [5.74, 6) is 0.361. The third-order valence-electron chi connectivity index (χ3n) is 5.16. The molecule has 0 bridgehead atoms. The highest BCUT2D eigenvalue weighted by molar-refractivity contribution is 5.79. The van der Waals surface area contributed by atoms with Crippen LogP contribution in [0, 0.1) is 0 Å². The van der Waals surface area contributed by atoms with Crippen molar-refractivity contribution >= 4 is 5.91 Å². The molecule has 2 aliphatic rings. The molecule has 1 aromatic rings. The van der Waals surface area contributed by atoms with Gasteiger partial charge in [-0.2, -0.15) is 0 Å². The van der Waals surface area contributed by atoms with Crippen LogP contribution in [0.5, 0.6) is 0 Å². The van der Waals surface area contributed by atoms with E-state index >= 15 is 0 Å². The molecule has 2 saturated heterocycles. The van der Waals surface area contributed by atoms with E-state index in [4.69, 9.17) is 0 Å². The molecule has 4 heteroatoms. The molecular weight excluding hydrogens is 262 g/mol. The summed E-state index contributed by atoms with van der Waals surface area (Å²) in [5.41, 5.74) is 1.48. The number of nitrogens with zero attached hydrogens (tertiary/aromatic N) is 3. The number of carbonyl (C=O) groups is 1. The number of hydrogen-bond donors (Lipinski definition) is 0.